The average Bonchev–Trinajstić information content (AvgIpc) is 3.01. The molecule has 1 amide bonds. The smallest absolute Gasteiger partial charge is 0.406 e. The molecule has 0 unspecified atom stereocenters. The standard InChI is InChI=1S/C18H9ClF3N3O2S/c19-13-4-2-1-3-10(13)7-11(9-23)16(26)25-17-24-14-6-5-12(8-15(14)28-17)27-18(20,21)22/h1-8H,(H,24,25,26)/b11-7-. The van der Waals surface area contributed by atoms with Gasteiger partial charge in [-0.3, -0.25) is 10.1 Å². The van der Waals surface area contributed by atoms with Gasteiger partial charge in [0.2, 0.25) is 0 Å². The van der Waals surface area contributed by atoms with Gasteiger partial charge in [-0.2, -0.15) is 5.26 Å². The molecule has 0 aliphatic carbocycles. The number of halogens is 4. The predicted octanol–water partition coefficient (Wildman–Crippen LogP) is 5.39. The van der Waals surface area contributed by atoms with Crippen LogP contribution < -0.4 is 10.1 Å². The second-order valence-electron chi connectivity index (χ2n) is 5.34. The first-order valence-corrected chi connectivity index (χ1v) is 8.78. The van der Waals surface area contributed by atoms with E-state index in [-0.39, 0.29) is 10.7 Å². The number of thiazole rings is 1. The molecule has 5 nitrogen and oxygen atoms in total. The van der Waals surface area contributed by atoms with E-state index in [4.69, 9.17) is 11.6 Å². The van der Waals surface area contributed by atoms with Crippen molar-refractivity contribution in [3.8, 4) is 11.8 Å². The number of nitriles is 1. The van der Waals surface area contributed by atoms with E-state index in [1.165, 1.54) is 18.2 Å². The molecule has 3 aromatic rings. The Hall–Kier alpha value is -3.09. The van der Waals surface area contributed by atoms with Crippen molar-refractivity contribution in [3.63, 3.8) is 0 Å². The van der Waals surface area contributed by atoms with Gasteiger partial charge in [0.15, 0.2) is 5.13 Å². The quantitative estimate of drug-likeness (QED) is 0.450. The third-order valence-corrected chi connectivity index (χ3v) is 4.66. The van der Waals surface area contributed by atoms with Gasteiger partial charge in [-0.25, -0.2) is 4.98 Å². The van der Waals surface area contributed by atoms with E-state index in [9.17, 15) is 23.2 Å². The van der Waals surface area contributed by atoms with E-state index in [1.807, 2.05) is 0 Å². The van der Waals surface area contributed by atoms with Gasteiger partial charge in [0.25, 0.3) is 5.91 Å². The Labute approximate surface area is 165 Å². The van der Waals surface area contributed by atoms with E-state index < -0.39 is 18.0 Å². The molecule has 1 aromatic heterocycles. The Morgan fingerprint density at radius 3 is 2.71 bits per heavy atom. The maximum atomic E-state index is 12.3. The molecule has 0 radical (unpaired) electrons. The Kier molecular flexibility index (Phi) is 5.53. The van der Waals surface area contributed by atoms with E-state index >= 15 is 0 Å². The molecule has 0 saturated carbocycles. The summed E-state index contributed by atoms with van der Waals surface area (Å²) in [6.45, 7) is 0. The maximum absolute atomic E-state index is 12.3. The summed E-state index contributed by atoms with van der Waals surface area (Å²) in [4.78, 5) is 16.5. The monoisotopic (exact) mass is 423 g/mol. The Morgan fingerprint density at radius 1 is 1.29 bits per heavy atom. The summed E-state index contributed by atoms with van der Waals surface area (Å²) in [5.74, 6) is -1.11. The summed E-state index contributed by atoms with van der Waals surface area (Å²) >= 11 is 6.97. The number of benzene rings is 2. The van der Waals surface area contributed by atoms with Gasteiger partial charge in [0.1, 0.15) is 17.4 Å². The lowest BCUT2D eigenvalue weighted by atomic mass is 10.1. The van der Waals surface area contributed by atoms with Gasteiger partial charge >= 0.3 is 6.36 Å². The minimum atomic E-state index is -4.80. The number of carbonyl (C=O) groups is 1. The highest BCUT2D eigenvalue weighted by Crippen LogP contribution is 2.31. The number of ether oxygens (including phenoxy) is 1. The fourth-order valence-corrected chi connectivity index (χ4v) is 3.30. The molecule has 1 N–H and O–H groups in total. The number of hydrogen-bond acceptors (Lipinski definition) is 5. The lowest BCUT2D eigenvalue weighted by Gasteiger charge is -2.07. The second kappa shape index (κ2) is 7.88. The van der Waals surface area contributed by atoms with Crippen molar-refractivity contribution in [1.82, 2.24) is 4.98 Å². The molecule has 2 aromatic carbocycles. The van der Waals surface area contributed by atoms with Crippen LogP contribution in [0, 0.1) is 11.3 Å². The SMILES string of the molecule is N#C/C(=C/c1ccccc1Cl)C(=O)Nc1nc2ccc(OC(F)(F)F)cc2s1. The minimum Gasteiger partial charge on any atom is -0.406 e. The van der Waals surface area contributed by atoms with E-state index in [0.717, 1.165) is 17.4 Å². The highest BCUT2D eigenvalue weighted by atomic mass is 35.5. The van der Waals surface area contributed by atoms with Crippen molar-refractivity contribution in [1.29, 1.82) is 5.26 Å². The molecule has 0 aliphatic heterocycles. The van der Waals surface area contributed by atoms with Crippen LogP contribution >= 0.6 is 22.9 Å². The van der Waals surface area contributed by atoms with Gasteiger partial charge in [0.05, 0.1) is 10.2 Å². The molecule has 0 spiro atoms. The van der Waals surface area contributed by atoms with Crippen LogP contribution in [0.1, 0.15) is 5.56 Å². The summed E-state index contributed by atoms with van der Waals surface area (Å²) in [7, 11) is 0. The van der Waals surface area contributed by atoms with Crippen LogP contribution in [0.4, 0.5) is 18.3 Å². The van der Waals surface area contributed by atoms with Gasteiger partial charge in [-0.05, 0) is 29.8 Å². The number of rotatable bonds is 4. The highest BCUT2D eigenvalue weighted by Gasteiger charge is 2.31. The van der Waals surface area contributed by atoms with Gasteiger partial charge in [0, 0.05) is 11.1 Å². The van der Waals surface area contributed by atoms with Gasteiger partial charge < -0.3 is 4.74 Å². The van der Waals surface area contributed by atoms with Crippen LogP contribution in [0.3, 0.4) is 0 Å². The van der Waals surface area contributed by atoms with E-state index in [1.54, 1.807) is 30.3 Å². The first-order valence-electron chi connectivity index (χ1n) is 7.59. The second-order valence-corrected chi connectivity index (χ2v) is 6.78. The van der Waals surface area contributed by atoms with Gasteiger partial charge in [-0.15, -0.1) is 13.2 Å². The first-order chi connectivity index (χ1) is 13.2. The Bertz CT molecular complexity index is 1120. The molecule has 0 fully saturated rings. The Balaban J connectivity index is 1.82. The number of alkyl halides is 3. The molecular weight excluding hydrogens is 415 g/mol. The maximum Gasteiger partial charge on any atom is 0.573 e. The number of nitrogens with zero attached hydrogens (tertiary/aromatic N) is 2. The van der Waals surface area contributed by atoms with Crippen molar-refractivity contribution in [2.75, 3.05) is 5.32 Å². The van der Waals surface area contributed by atoms with Crippen LogP contribution in [0.5, 0.6) is 5.75 Å². The summed E-state index contributed by atoms with van der Waals surface area (Å²) in [6, 6.07) is 12.1. The number of fused-ring (bicyclic) bond motifs is 1. The van der Waals surface area contributed by atoms with Crippen LogP contribution in [0.2, 0.25) is 5.02 Å². The summed E-state index contributed by atoms with van der Waals surface area (Å²) < 4.78 is 41.2. The van der Waals surface area contributed by atoms with E-state index in [0.29, 0.717) is 20.8 Å². The van der Waals surface area contributed by atoms with Crippen molar-refractivity contribution in [3.05, 3.63) is 58.6 Å². The fourth-order valence-electron chi connectivity index (χ4n) is 2.22. The summed E-state index contributed by atoms with van der Waals surface area (Å²) in [6.07, 6.45) is -3.47. The van der Waals surface area contributed by atoms with Crippen molar-refractivity contribution >= 4 is 50.3 Å². The molecular formula is C18H9ClF3N3O2S. The molecule has 1 heterocycles. The van der Waals surface area contributed by atoms with Crippen LogP contribution in [-0.2, 0) is 4.79 Å². The zero-order valence-corrected chi connectivity index (χ0v) is 15.3. The topological polar surface area (TPSA) is 75.0 Å². The molecule has 0 aliphatic rings. The first kappa shape index (κ1) is 19.7. The van der Waals surface area contributed by atoms with Crippen molar-refractivity contribution < 1.29 is 22.7 Å². The molecule has 28 heavy (non-hydrogen) atoms. The minimum absolute atomic E-state index is 0.129. The number of carbonyl (C=O) groups excluding carboxylic acids is 1. The molecule has 0 atom stereocenters. The Morgan fingerprint density at radius 2 is 2.04 bits per heavy atom. The van der Waals surface area contributed by atoms with Crippen molar-refractivity contribution in [2.45, 2.75) is 6.36 Å². The molecule has 10 heteroatoms. The number of aromatic nitrogens is 1. The fraction of sp³-hybridized carbons (Fsp3) is 0.0556. The van der Waals surface area contributed by atoms with Crippen LogP contribution in [0.15, 0.2) is 48.0 Å². The highest BCUT2D eigenvalue weighted by molar-refractivity contribution is 7.22. The number of anilines is 1. The number of nitrogens with one attached hydrogen (secondary N) is 1. The zero-order valence-electron chi connectivity index (χ0n) is 13.7. The molecule has 3 rings (SSSR count). The van der Waals surface area contributed by atoms with Gasteiger partial charge in [-0.1, -0.05) is 41.1 Å². The molecule has 142 valence electrons. The lowest BCUT2D eigenvalue weighted by Crippen LogP contribution is -2.16. The number of hydrogen-bond donors (Lipinski definition) is 1. The number of amides is 1. The normalized spacial score (nSPS) is 11.9. The third-order valence-electron chi connectivity index (χ3n) is 3.38. The molecule has 0 bridgehead atoms. The third kappa shape index (κ3) is 4.79. The summed E-state index contributed by atoms with van der Waals surface area (Å²) in [5.41, 5.74) is 0.672. The zero-order chi connectivity index (χ0) is 20.3. The van der Waals surface area contributed by atoms with Crippen LogP contribution in [0.25, 0.3) is 16.3 Å². The largest absolute Gasteiger partial charge is 0.573 e. The van der Waals surface area contributed by atoms with E-state index in [2.05, 4.69) is 15.0 Å². The van der Waals surface area contributed by atoms with Crippen molar-refractivity contribution in [2.24, 2.45) is 0 Å². The molecule has 0 saturated heterocycles. The lowest BCUT2D eigenvalue weighted by molar-refractivity contribution is -0.274. The summed E-state index contributed by atoms with van der Waals surface area (Å²) in [5, 5.41) is 12.2. The van der Waals surface area contributed by atoms with Crippen LogP contribution in [-0.4, -0.2) is 17.3 Å². The average molecular weight is 424 g/mol. The predicted molar refractivity (Wildman–Crippen MR) is 100.0 cm³/mol.